The number of ether oxygens (including phenoxy) is 1. The fourth-order valence-electron chi connectivity index (χ4n) is 4.37. The lowest BCUT2D eigenvalue weighted by atomic mass is 9.86. The van der Waals surface area contributed by atoms with Gasteiger partial charge in [0.15, 0.2) is 0 Å². The summed E-state index contributed by atoms with van der Waals surface area (Å²) in [5.41, 5.74) is 0.507. The van der Waals surface area contributed by atoms with Crippen molar-refractivity contribution in [3.63, 3.8) is 0 Å². The summed E-state index contributed by atoms with van der Waals surface area (Å²) in [5.74, 6) is -2.79. The van der Waals surface area contributed by atoms with Crippen molar-refractivity contribution >= 4 is 23.7 Å². The van der Waals surface area contributed by atoms with E-state index in [1.807, 2.05) is 51.1 Å². The number of aliphatic carboxylic acids is 1. The van der Waals surface area contributed by atoms with Gasteiger partial charge in [0.1, 0.15) is 6.04 Å². The van der Waals surface area contributed by atoms with Crippen LogP contribution in [0.1, 0.15) is 27.2 Å². The largest absolute Gasteiger partial charge is 0.481 e. The number of amides is 2. The molecule has 0 saturated carbocycles. The van der Waals surface area contributed by atoms with E-state index >= 15 is 0 Å². The van der Waals surface area contributed by atoms with Crippen LogP contribution in [-0.2, 0) is 14.3 Å². The van der Waals surface area contributed by atoms with Crippen molar-refractivity contribution in [2.24, 2.45) is 5.92 Å². The second-order valence-electron chi connectivity index (χ2n) is 9.06. The van der Waals surface area contributed by atoms with Gasteiger partial charge in [0, 0.05) is 31.9 Å². The Labute approximate surface area is 182 Å². The molecule has 31 heavy (non-hydrogen) atoms. The average molecular weight is 434 g/mol. The van der Waals surface area contributed by atoms with Gasteiger partial charge in [0.2, 0.25) is 5.91 Å². The van der Waals surface area contributed by atoms with Gasteiger partial charge in [-0.05, 0) is 39.3 Å². The molecule has 0 bridgehead atoms. The van der Waals surface area contributed by atoms with E-state index in [0.29, 0.717) is 26.2 Å². The highest BCUT2D eigenvalue weighted by Gasteiger charge is 2.48. The fraction of sp³-hybridized carbons (Fsp3) is 0.591. The second-order valence-corrected chi connectivity index (χ2v) is 9.06. The zero-order valence-corrected chi connectivity index (χ0v) is 18.2. The van der Waals surface area contributed by atoms with Crippen LogP contribution in [0.2, 0.25) is 0 Å². The van der Waals surface area contributed by atoms with Crippen molar-refractivity contribution in [3.8, 4) is 0 Å². The first-order chi connectivity index (χ1) is 14.6. The number of likely N-dealkylation sites (tertiary alicyclic amines) is 1. The van der Waals surface area contributed by atoms with Crippen LogP contribution in [-0.4, -0.2) is 88.5 Å². The molecular weight excluding hydrogens is 402 g/mol. The lowest BCUT2D eigenvalue weighted by molar-refractivity contribution is -0.162. The smallest absolute Gasteiger partial charge is 0.408 e. The second kappa shape index (κ2) is 9.13. The molecule has 0 aliphatic carbocycles. The molecule has 3 atom stereocenters. The zero-order chi connectivity index (χ0) is 22.8. The number of hydrogen-bond acceptors (Lipinski definition) is 5. The average Bonchev–Trinajstić information content (AvgIpc) is 2.72. The molecule has 2 aliphatic heterocycles. The topological polar surface area (TPSA) is 111 Å². The van der Waals surface area contributed by atoms with Crippen molar-refractivity contribution in [2.75, 3.05) is 37.6 Å². The first-order valence-electron chi connectivity index (χ1n) is 10.6. The molecule has 2 fully saturated rings. The predicted octanol–water partition coefficient (Wildman–Crippen LogP) is 1.97. The Hall–Kier alpha value is -2.81. The molecule has 9 heteroatoms. The molecular formula is C22H31N3O6. The lowest BCUT2D eigenvalue weighted by Crippen LogP contribution is -2.63. The molecule has 2 aliphatic rings. The van der Waals surface area contributed by atoms with Crippen LogP contribution in [0.4, 0.5) is 10.5 Å². The number of carboxylic acid groups (broad SMARTS) is 2. The number of hydrogen-bond donors (Lipinski definition) is 2. The number of para-hydroxylation sites is 1. The minimum atomic E-state index is -1.31. The summed E-state index contributed by atoms with van der Waals surface area (Å²) in [6.45, 7) is 7.48. The van der Waals surface area contributed by atoms with Gasteiger partial charge in [0.05, 0.1) is 24.2 Å². The molecule has 2 N–H and O–H groups in total. The third-order valence-electron chi connectivity index (χ3n) is 5.68. The van der Waals surface area contributed by atoms with Crippen LogP contribution in [0, 0.1) is 5.92 Å². The molecule has 3 rings (SSSR count). The number of benzene rings is 1. The SMILES string of the molecule is CC(C)(C)O[C@H]1C[C@H](C(=O)O)[C@@H](C(=O)N2CCN(c3ccccc3)CC2)N(C(=O)O)C1. The Bertz CT molecular complexity index is 777. The summed E-state index contributed by atoms with van der Waals surface area (Å²) >= 11 is 0. The molecule has 2 heterocycles. The van der Waals surface area contributed by atoms with Crippen molar-refractivity contribution in [3.05, 3.63) is 30.3 Å². The van der Waals surface area contributed by atoms with E-state index in [0.717, 1.165) is 10.6 Å². The molecule has 2 amide bonds. The van der Waals surface area contributed by atoms with Gasteiger partial charge in [-0.15, -0.1) is 0 Å². The van der Waals surface area contributed by atoms with Crippen LogP contribution in [0.5, 0.6) is 0 Å². The van der Waals surface area contributed by atoms with Gasteiger partial charge in [-0.1, -0.05) is 18.2 Å². The maximum Gasteiger partial charge on any atom is 0.408 e. The van der Waals surface area contributed by atoms with E-state index in [4.69, 9.17) is 4.74 Å². The first kappa shape index (κ1) is 22.9. The normalized spacial score (nSPS) is 24.7. The quantitative estimate of drug-likeness (QED) is 0.747. The van der Waals surface area contributed by atoms with E-state index in [2.05, 4.69) is 4.90 Å². The van der Waals surface area contributed by atoms with Crippen molar-refractivity contribution in [1.82, 2.24) is 9.80 Å². The van der Waals surface area contributed by atoms with E-state index < -0.39 is 41.6 Å². The standard InChI is InChI=1S/C22H31N3O6/c1-22(2,3)31-16-13-17(20(27)28)18(25(14-16)21(29)30)19(26)24-11-9-23(10-12-24)15-7-5-4-6-8-15/h4-8,16-18H,9-14H2,1-3H3,(H,27,28)(H,29,30)/t16-,17-,18-/m0/s1. The summed E-state index contributed by atoms with van der Waals surface area (Å²) in [4.78, 5) is 42.0. The van der Waals surface area contributed by atoms with Gasteiger partial charge in [-0.2, -0.15) is 0 Å². The summed E-state index contributed by atoms with van der Waals surface area (Å²) in [7, 11) is 0. The van der Waals surface area contributed by atoms with E-state index in [-0.39, 0.29) is 13.0 Å². The number of piperidine rings is 1. The Morgan fingerprint density at radius 1 is 1.00 bits per heavy atom. The highest BCUT2D eigenvalue weighted by molar-refractivity contribution is 5.91. The minimum Gasteiger partial charge on any atom is -0.481 e. The van der Waals surface area contributed by atoms with Gasteiger partial charge in [-0.25, -0.2) is 4.79 Å². The molecule has 170 valence electrons. The molecule has 1 aromatic carbocycles. The van der Waals surface area contributed by atoms with E-state index in [1.54, 1.807) is 4.90 Å². The molecule has 0 spiro atoms. The summed E-state index contributed by atoms with van der Waals surface area (Å²) in [6.07, 6.45) is -1.80. The summed E-state index contributed by atoms with van der Waals surface area (Å²) < 4.78 is 5.88. The number of piperazine rings is 1. The van der Waals surface area contributed by atoms with Crippen molar-refractivity contribution in [2.45, 2.75) is 44.9 Å². The van der Waals surface area contributed by atoms with E-state index in [1.165, 1.54) is 0 Å². The third kappa shape index (κ3) is 5.46. The summed E-state index contributed by atoms with van der Waals surface area (Å²) in [6, 6.07) is 8.59. The third-order valence-corrected chi connectivity index (χ3v) is 5.68. The number of carbonyl (C=O) groups excluding carboxylic acids is 1. The van der Waals surface area contributed by atoms with Crippen molar-refractivity contribution in [1.29, 1.82) is 0 Å². The summed E-state index contributed by atoms with van der Waals surface area (Å²) in [5, 5.41) is 19.6. The Morgan fingerprint density at radius 3 is 2.13 bits per heavy atom. The van der Waals surface area contributed by atoms with Gasteiger partial charge in [-0.3, -0.25) is 14.5 Å². The zero-order valence-electron chi connectivity index (χ0n) is 18.2. The molecule has 0 unspecified atom stereocenters. The van der Waals surface area contributed by atoms with Crippen LogP contribution in [0.3, 0.4) is 0 Å². The fourth-order valence-corrected chi connectivity index (χ4v) is 4.37. The molecule has 9 nitrogen and oxygen atoms in total. The molecule has 0 radical (unpaired) electrons. The molecule has 1 aromatic rings. The highest BCUT2D eigenvalue weighted by atomic mass is 16.5. The maximum absolute atomic E-state index is 13.3. The maximum atomic E-state index is 13.3. The van der Waals surface area contributed by atoms with Crippen LogP contribution in [0.25, 0.3) is 0 Å². The number of anilines is 1. The number of nitrogens with zero attached hydrogens (tertiary/aromatic N) is 3. The number of carbonyl (C=O) groups is 3. The van der Waals surface area contributed by atoms with E-state index in [9.17, 15) is 24.6 Å². The lowest BCUT2D eigenvalue weighted by Gasteiger charge is -2.45. The Kier molecular flexibility index (Phi) is 6.74. The van der Waals surface area contributed by atoms with Crippen molar-refractivity contribution < 1.29 is 29.3 Å². The number of rotatable bonds is 4. The first-order valence-corrected chi connectivity index (χ1v) is 10.6. The van der Waals surface area contributed by atoms with Crippen LogP contribution in [0.15, 0.2) is 30.3 Å². The van der Waals surface area contributed by atoms with Gasteiger partial charge in [0.25, 0.3) is 0 Å². The van der Waals surface area contributed by atoms with Gasteiger partial charge >= 0.3 is 12.1 Å². The monoisotopic (exact) mass is 433 g/mol. The van der Waals surface area contributed by atoms with Gasteiger partial charge < -0.3 is 24.7 Å². The van der Waals surface area contributed by atoms with Crippen LogP contribution < -0.4 is 4.90 Å². The number of carboxylic acids is 1. The molecule has 0 aromatic heterocycles. The predicted molar refractivity (Wildman–Crippen MR) is 114 cm³/mol. The Morgan fingerprint density at radius 2 is 1.61 bits per heavy atom. The minimum absolute atomic E-state index is 0.0310. The Balaban J connectivity index is 1.74. The molecule has 2 saturated heterocycles. The van der Waals surface area contributed by atoms with Crippen LogP contribution >= 0.6 is 0 Å². The highest BCUT2D eigenvalue weighted by Crippen LogP contribution is 2.30.